The molecule has 88 valence electrons. The van der Waals surface area contributed by atoms with E-state index in [0.717, 1.165) is 0 Å². The first-order chi connectivity index (χ1) is 8.06. The van der Waals surface area contributed by atoms with E-state index in [4.69, 9.17) is 0 Å². The molecule has 1 heterocycles. The van der Waals surface area contributed by atoms with Gasteiger partial charge in [-0.1, -0.05) is 27.7 Å². The van der Waals surface area contributed by atoms with E-state index in [2.05, 4.69) is 25.3 Å². The minimum Gasteiger partial charge on any atom is -0.258 e. The molecule has 2 aromatic rings. The van der Waals surface area contributed by atoms with Gasteiger partial charge in [-0.2, -0.15) is 4.37 Å². The molecule has 1 aromatic heterocycles. The minimum absolute atomic E-state index is 0.0669. The van der Waals surface area contributed by atoms with Crippen molar-refractivity contribution in [2.75, 3.05) is 0 Å². The molecular weight excluding hydrogens is 326 g/mol. The number of hydrogen-bond donors (Lipinski definition) is 0. The van der Waals surface area contributed by atoms with Crippen molar-refractivity contribution in [1.82, 2.24) is 9.36 Å². The molecule has 0 bridgehead atoms. The van der Waals surface area contributed by atoms with Crippen molar-refractivity contribution in [3.8, 4) is 0 Å². The Hall–Kier alpha value is -0.990. The number of aromatic nitrogens is 2. The molecule has 0 spiro atoms. The van der Waals surface area contributed by atoms with Gasteiger partial charge in [0, 0.05) is 10.5 Å². The maximum absolute atomic E-state index is 10.9. The zero-order valence-corrected chi connectivity index (χ0v) is 11.8. The van der Waals surface area contributed by atoms with Gasteiger partial charge in [0.2, 0.25) is 0 Å². The van der Waals surface area contributed by atoms with Gasteiger partial charge in [-0.25, -0.2) is 4.98 Å². The van der Waals surface area contributed by atoms with Gasteiger partial charge in [-0.15, -0.1) is 0 Å². The average molecular weight is 332 g/mol. The molecule has 0 radical (unpaired) electrons. The lowest BCUT2D eigenvalue weighted by Crippen LogP contribution is -1.90. The molecular formula is C9H6BrN3O2S2. The van der Waals surface area contributed by atoms with Crippen LogP contribution in [0.25, 0.3) is 0 Å². The molecule has 0 atom stereocenters. The van der Waals surface area contributed by atoms with E-state index < -0.39 is 4.92 Å². The van der Waals surface area contributed by atoms with Crippen molar-refractivity contribution in [1.29, 1.82) is 0 Å². The molecule has 2 rings (SSSR count). The van der Waals surface area contributed by atoms with Gasteiger partial charge in [-0.05, 0) is 30.6 Å². The van der Waals surface area contributed by atoms with Crippen LogP contribution in [0.15, 0.2) is 31.9 Å². The van der Waals surface area contributed by atoms with Crippen LogP contribution in [0.5, 0.6) is 0 Å². The first kappa shape index (κ1) is 12.5. The summed E-state index contributed by atoms with van der Waals surface area (Å²) in [6, 6.07) is 4.95. The number of halogens is 1. The molecule has 0 aliphatic heterocycles. The zero-order chi connectivity index (χ0) is 12.4. The van der Waals surface area contributed by atoms with Crippen LogP contribution in [0.1, 0.15) is 5.82 Å². The number of nitro benzene ring substituents is 1. The maximum atomic E-state index is 10.9. The number of aryl methyl sites for hydroxylation is 1. The van der Waals surface area contributed by atoms with E-state index in [1.807, 2.05) is 0 Å². The highest BCUT2D eigenvalue weighted by molar-refractivity contribution is 9.10. The second-order valence-corrected chi connectivity index (χ2v) is 6.04. The molecule has 0 N–H and O–H groups in total. The van der Waals surface area contributed by atoms with Crippen molar-refractivity contribution >= 4 is 44.9 Å². The van der Waals surface area contributed by atoms with Crippen LogP contribution >= 0.6 is 39.2 Å². The van der Waals surface area contributed by atoms with E-state index in [1.165, 1.54) is 29.4 Å². The predicted molar refractivity (Wildman–Crippen MR) is 69.6 cm³/mol. The predicted octanol–water partition coefficient (Wildman–Crippen LogP) is 3.67. The summed E-state index contributed by atoms with van der Waals surface area (Å²) in [7, 11) is 0. The van der Waals surface area contributed by atoms with Crippen LogP contribution in [0.3, 0.4) is 0 Å². The molecule has 0 saturated carbocycles. The quantitative estimate of drug-likeness (QED) is 0.634. The third-order valence-corrected chi connectivity index (χ3v) is 4.22. The van der Waals surface area contributed by atoms with E-state index in [0.29, 0.717) is 19.5 Å². The maximum Gasteiger partial charge on any atom is 0.284 e. The second kappa shape index (κ2) is 5.11. The van der Waals surface area contributed by atoms with E-state index >= 15 is 0 Å². The number of rotatable bonds is 3. The fourth-order valence-corrected chi connectivity index (χ4v) is 3.18. The first-order valence-electron chi connectivity index (χ1n) is 4.48. The van der Waals surface area contributed by atoms with Crippen molar-refractivity contribution in [3.05, 3.63) is 38.6 Å². The SMILES string of the molecule is Cc1nsc(Sc2ccc(Br)cc2[N+](=O)[O-])n1. The summed E-state index contributed by atoms with van der Waals surface area (Å²) >= 11 is 5.71. The van der Waals surface area contributed by atoms with Crippen molar-refractivity contribution in [2.24, 2.45) is 0 Å². The Morgan fingerprint density at radius 1 is 1.53 bits per heavy atom. The van der Waals surface area contributed by atoms with Gasteiger partial charge in [-0.3, -0.25) is 10.1 Å². The van der Waals surface area contributed by atoms with Gasteiger partial charge in [0.1, 0.15) is 5.82 Å². The lowest BCUT2D eigenvalue weighted by atomic mass is 10.3. The Morgan fingerprint density at radius 2 is 2.29 bits per heavy atom. The van der Waals surface area contributed by atoms with E-state index in [9.17, 15) is 10.1 Å². The first-order valence-corrected chi connectivity index (χ1v) is 6.86. The van der Waals surface area contributed by atoms with E-state index in [1.54, 1.807) is 19.1 Å². The molecule has 0 amide bonds. The minimum atomic E-state index is -0.402. The van der Waals surface area contributed by atoms with Crippen LogP contribution in [0.2, 0.25) is 0 Å². The molecule has 0 unspecified atom stereocenters. The molecule has 0 saturated heterocycles. The monoisotopic (exact) mass is 331 g/mol. The third-order valence-electron chi connectivity index (χ3n) is 1.82. The van der Waals surface area contributed by atoms with Gasteiger partial charge in [0.15, 0.2) is 4.34 Å². The Bertz CT molecular complexity index is 573. The van der Waals surface area contributed by atoms with Crippen LogP contribution in [0, 0.1) is 17.0 Å². The smallest absolute Gasteiger partial charge is 0.258 e. The third kappa shape index (κ3) is 3.02. The Kier molecular flexibility index (Phi) is 3.75. The summed E-state index contributed by atoms with van der Waals surface area (Å²) in [6.07, 6.45) is 0. The number of hydrogen-bond acceptors (Lipinski definition) is 6. The van der Waals surface area contributed by atoms with Gasteiger partial charge < -0.3 is 0 Å². The highest BCUT2D eigenvalue weighted by Crippen LogP contribution is 2.36. The van der Waals surface area contributed by atoms with Crippen LogP contribution in [-0.4, -0.2) is 14.3 Å². The molecule has 5 nitrogen and oxygen atoms in total. The normalized spacial score (nSPS) is 10.5. The standard InChI is InChI=1S/C9H6BrN3O2S2/c1-5-11-9(17-12-5)16-8-3-2-6(10)4-7(8)13(14)15/h2-4H,1H3. The fourth-order valence-electron chi connectivity index (χ4n) is 1.13. The van der Waals surface area contributed by atoms with Crippen LogP contribution in [-0.2, 0) is 0 Å². The molecule has 8 heteroatoms. The largest absolute Gasteiger partial charge is 0.284 e. The number of nitrogens with zero attached hydrogens (tertiary/aromatic N) is 3. The topological polar surface area (TPSA) is 68.9 Å². The highest BCUT2D eigenvalue weighted by atomic mass is 79.9. The Labute approximate surface area is 114 Å². The Morgan fingerprint density at radius 3 is 2.88 bits per heavy atom. The van der Waals surface area contributed by atoms with Crippen molar-refractivity contribution in [3.63, 3.8) is 0 Å². The number of nitro groups is 1. The molecule has 0 aliphatic rings. The summed E-state index contributed by atoms with van der Waals surface area (Å²) in [4.78, 5) is 15.2. The zero-order valence-electron chi connectivity index (χ0n) is 8.58. The van der Waals surface area contributed by atoms with Crippen LogP contribution in [0.4, 0.5) is 5.69 Å². The fraction of sp³-hybridized carbons (Fsp3) is 0.111. The summed E-state index contributed by atoms with van der Waals surface area (Å²) in [5, 5.41) is 10.9. The lowest BCUT2D eigenvalue weighted by Gasteiger charge is -2.00. The van der Waals surface area contributed by atoms with E-state index in [-0.39, 0.29) is 5.69 Å². The van der Waals surface area contributed by atoms with Gasteiger partial charge in [0.25, 0.3) is 5.69 Å². The highest BCUT2D eigenvalue weighted by Gasteiger charge is 2.16. The molecule has 1 aromatic carbocycles. The molecule has 17 heavy (non-hydrogen) atoms. The van der Waals surface area contributed by atoms with Crippen molar-refractivity contribution < 1.29 is 4.92 Å². The summed E-state index contributed by atoms with van der Waals surface area (Å²) in [5.41, 5.74) is 0.0669. The van der Waals surface area contributed by atoms with Crippen molar-refractivity contribution in [2.45, 2.75) is 16.2 Å². The average Bonchev–Trinajstić information content (AvgIpc) is 2.66. The van der Waals surface area contributed by atoms with Gasteiger partial charge in [0.05, 0.1) is 9.82 Å². The lowest BCUT2D eigenvalue weighted by molar-refractivity contribution is -0.387. The molecule has 0 fully saturated rings. The van der Waals surface area contributed by atoms with Crippen LogP contribution < -0.4 is 0 Å². The summed E-state index contributed by atoms with van der Waals surface area (Å²) in [5.74, 6) is 0.678. The summed E-state index contributed by atoms with van der Waals surface area (Å²) in [6.45, 7) is 1.79. The van der Waals surface area contributed by atoms with Gasteiger partial charge >= 0.3 is 0 Å². The summed E-state index contributed by atoms with van der Waals surface area (Å²) < 4.78 is 5.42. The molecule has 0 aliphatic carbocycles. The second-order valence-electron chi connectivity index (χ2n) is 3.08. The number of benzene rings is 1. The Balaban J connectivity index is 2.35.